The number of nitrogens with one attached hydrogen (secondary N) is 1. The van der Waals surface area contributed by atoms with Gasteiger partial charge < -0.3 is 10.2 Å². The Morgan fingerprint density at radius 2 is 2.18 bits per heavy atom. The quantitative estimate of drug-likeness (QED) is 0.799. The highest BCUT2D eigenvalue weighted by Gasteiger charge is 2.30. The smallest absolute Gasteiger partial charge is 0.150 e. The molecule has 3 aromatic rings. The number of hydrogen-bond acceptors (Lipinski definition) is 7. The van der Waals surface area contributed by atoms with E-state index in [1.165, 1.54) is 0 Å². The van der Waals surface area contributed by atoms with Crippen LogP contribution in [0.2, 0.25) is 0 Å². The lowest BCUT2D eigenvalue weighted by atomic mass is 10.1. The molecule has 7 heteroatoms. The number of hydrogen-bond donors (Lipinski definition) is 1. The zero-order chi connectivity index (χ0) is 14.9. The highest BCUT2D eigenvalue weighted by Crippen LogP contribution is 2.31. The average molecular weight is 308 g/mol. The third kappa shape index (κ3) is 2.14. The maximum absolute atomic E-state index is 9.09. The van der Waals surface area contributed by atoms with Gasteiger partial charge in [-0.15, -0.1) is 11.3 Å². The van der Waals surface area contributed by atoms with Crippen LogP contribution in [0.1, 0.15) is 5.56 Å². The molecule has 1 N–H and O–H groups in total. The molecule has 22 heavy (non-hydrogen) atoms. The lowest BCUT2D eigenvalue weighted by molar-refractivity contribution is 0.545. The molecule has 3 aromatic heterocycles. The van der Waals surface area contributed by atoms with Crippen LogP contribution in [-0.2, 0) is 0 Å². The Kier molecular flexibility index (Phi) is 3.09. The molecule has 4 heterocycles. The van der Waals surface area contributed by atoms with Gasteiger partial charge in [-0.25, -0.2) is 15.0 Å². The second kappa shape index (κ2) is 5.24. The van der Waals surface area contributed by atoms with Gasteiger partial charge in [0.15, 0.2) is 0 Å². The number of nitrogens with zero attached hydrogens (tertiary/aromatic N) is 5. The van der Waals surface area contributed by atoms with E-state index in [-0.39, 0.29) is 6.04 Å². The summed E-state index contributed by atoms with van der Waals surface area (Å²) >= 11 is 1.66. The van der Waals surface area contributed by atoms with Crippen LogP contribution >= 0.6 is 11.3 Å². The molecule has 0 radical (unpaired) electrons. The average Bonchev–Trinajstić information content (AvgIpc) is 2.99. The van der Waals surface area contributed by atoms with Gasteiger partial charge in [0.25, 0.3) is 0 Å². The Morgan fingerprint density at radius 1 is 1.27 bits per heavy atom. The Labute approximate surface area is 131 Å². The molecule has 1 saturated heterocycles. The van der Waals surface area contributed by atoms with Crippen molar-refractivity contribution in [2.24, 2.45) is 0 Å². The number of fused-ring (bicyclic) bond motifs is 1. The van der Waals surface area contributed by atoms with Gasteiger partial charge in [0, 0.05) is 19.3 Å². The second-order valence-electron chi connectivity index (χ2n) is 5.09. The first kappa shape index (κ1) is 13.0. The molecule has 0 bridgehead atoms. The van der Waals surface area contributed by atoms with Crippen molar-refractivity contribution in [2.45, 2.75) is 6.04 Å². The van der Waals surface area contributed by atoms with Crippen LogP contribution in [-0.4, -0.2) is 34.1 Å². The third-order valence-corrected chi connectivity index (χ3v) is 4.57. The zero-order valence-corrected chi connectivity index (χ0v) is 12.4. The maximum atomic E-state index is 9.09. The Balaban J connectivity index is 1.48. The SMILES string of the molecule is N#Cc1cccnc1NC1CN(c2ncnc3ccsc23)C1. The van der Waals surface area contributed by atoms with Gasteiger partial charge >= 0.3 is 0 Å². The molecule has 0 spiro atoms. The molecule has 1 aliphatic rings. The summed E-state index contributed by atoms with van der Waals surface area (Å²) in [5.41, 5.74) is 1.56. The lowest BCUT2D eigenvalue weighted by Crippen LogP contribution is -2.55. The second-order valence-corrected chi connectivity index (χ2v) is 6.01. The van der Waals surface area contributed by atoms with Gasteiger partial charge in [0.1, 0.15) is 24.0 Å². The van der Waals surface area contributed by atoms with Crippen LogP contribution in [0.3, 0.4) is 0 Å². The minimum absolute atomic E-state index is 0.270. The third-order valence-electron chi connectivity index (χ3n) is 3.67. The number of pyridine rings is 1. The van der Waals surface area contributed by atoms with E-state index >= 15 is 0 Å². The van der Waals surface area contributed by atoms with Crippen molar-refractivity contribution in [2.75, 3.05) is 23.3 Å². The largest absolute Gasteiger partial charge is 0.363 e. The standard InChI is InChI=1S/C15H12N6S/c16-6-10-2-1-4-17-14(10)20-11-7-21(8-11)15-13-12(3-5-22-13)18-9-19-15/h1-5,9,11H,7-8H2,(H,17,20). The fraction of sp³-hybridized carbons (Fsp3) is 0.200. The van der Waals surface area contributed by atoms with E-state index in [1.54, 1.807) is 36.0 Å². The van der Waals surface area contributed by atoms with Crippen LogP contribution in [0.5, 0.6) is 0 Å². The molecule has 0 aliphatic carbocycles. The number of rotatable bonds is 3. The van der Waals surface area contributed by atoms with Crippen LogP contribution in [0.4, 0.5) is 11.6 Å². The highest BCUT2D eigenvalue weighted by atomic mass is 32.1. The summed E-state index contributed by atoms with van der Waals surface area (Å²) in [5, 5.41) is 14.4. The molecule has 0 aromatic carbocycles. The summed E-state index contributed by atoms with van der Waals surface area (Å²) in [7, 11) is 0. The van der Waals surface area contributed by atoms with Crippen molar-refractivity contribution >= 4 is 33.2 Å². The predicted molar refractivity (Wildman–Crippen MR) is 86.0 cm³/mol. The summed E-state index contributed by atoms with van der Waals surface area (Å²) in [4.78, 5) is 15.1. The predicted octanol–water partition coefficient (Wildman–Crippen LogP) is 2.26. The Hall–Kier alpha value is -2.72. The van der Waals surface area contributed by atoms with E-state index in [1.807, 2.05) is 11.4 Å². The van der Waals surface area contributed by atoms with Crippen molar-refractivity contribution in [3.8, 4) is 6.07 Å². The number of aromatic nitrogens is 3. The molecule has 1 fully saturated rings. The van der Waals surface area contributed by atoms with Crippen LogP contribution in [0, 0.1) is 11.3 Å². The van der Waals surface area contributed by atoms with Crippen LogP contribution in [0.25, 0.3) is 10.2 Å². The molecule has 1 aliphatic heterocycles. The fourth-order valence-electron chi connectivity index (χ4n) is 2.55. The van der Waals surface area contributed by atoms with E-state index < -0.39 is 0 Å². The first-order valence-electron chi connectivity index (χ1n) is 6.90. The summed E-state index contributed by atoms with van der Waals surface area (Å²) in [6, 6.07) is 7.97. The van der Waals surface area contributed by atoms with E-state index in [2.05, 4.69) is 31.2 Å². The maximum Gasteiger partial charge on any atom is 0.150 e. The molecule has 0 amide bonds. The van der Waals surface area contributed by atoms with Gasteiger partial charge in [0.2, 0.25) is 0 Å². The van der Waals surface area contributed by atoms with Gasteiger partial charge in [-0.05, 0) is 23.6 Å². The number of nitriles is 1. The van der Waals surface area contributed by atoms with Crippen molar-refractivity contribution in [1.29, 1.82) is 5.26 Å². The van der Waals surface area contributed by atoms with Gasteiger partial charge in [-0.1, -0.05) is 0 Å². The van der Waals surface area contributed by atoms with Crippen molar-refractivity contribution < 1.29 is 0 Å². The number of thiophene rings is 1. The molecule has 4 rings (SSSR count). The fourth-order valence-corrected chi connectivity index (χ4v) is 3.41. The van der Waals surface area contributed by atoms with Crippen LogP contribution in [0.15, 0.2) is 36.1 Å². The highest BCUT2D eigenvalue weighted by molar-refractivity contribution is 7.17. The van der Waals surface area contributed by atoms with Crippen molar-refractivity contribution in [3.63, 3.8) is 0 Å². The molecular weight excluding hydrogens is 296 g/mol. The minimum atomic E-state index is 0.270. The first-order valence-corrected chi connectivity index (χ1v) is 7.78. The summed E-state index contributed by atoms with van der Waals surface area (Å²) in [5.74, 6) is 1.64. The monoisotopic (exact) mass is 308 g/mol. The van der Waals surface area contributed by atoms with Crippen LogP contribution < -0.4 is 10.2 Å². The molecular formula is C15H12N6S. The van der Waals surface area contributed by atoms with Crippen molar-refractivity contribution in [1.82, 2.24) is 15.0 Å². The van der Waals surface area contributed by atoms with E-state index in [9.17, 15) is 0 Å². The normalized spacial score (nSPS) is 14.6. The summed E-state index contributed by atoms with van der Waals surface area (Å²) < 4.78 is 1.12. The topological polar surface area (TPSA) is 77.7 Å². The van der Waals surface area contributed by atoms with E-state index in [4.69, 9.17) is 5.26 Å². The summed E-state index contributed by atoms with van der Waals surface area (Å²) in [6.45, 7) is 1.68. The lowest BCUT2D eigenvalue weighted by Gasteiger charge is -2.40. The zero-order valence-electron chi connectivity index (χ0n) is 11.6. The molecule has 0 atom stereocenters. The molecule has 0 unspecified atom stereocenters. The van der Waals surface area contributed by atoms with Gasteiger partial charge in [-0.2, -0.15) is 5.26 Å². The Bertz CT molecular complexity index is 862. The molecule has 6 nitrogen and oxygen atoms in total. The van der Waals surface area contributed by atoms with Gasteiger partial charge in [-0.3, -0.25) is 0 Å². The molecule has 108 valence electrons. The minimum Gasteiger partial charge on any atom is -0.363 e. The van der Waals surface area contributed by atoms with E-state index in [0.29, 0.717) is 11.4 Å². The molecule has 0 saturated carbocycles. The summed E-state index contributed by atoms with van der Waals surface area (Å²) in [6.07, 6.45) is 3.30. The van der Waals surface area contributed by atoms with Gasteiger partial charge in [0.05, 0.1) is 21.8 Å². The first-order chi connectivity index (χ1) is 10.8. The number of anilines is 2. The van der Waals surface area contributed by atoms with Crippen molar-refractivity contribution in [3.05, 3.63) is 41.7 Å². The Morgan fingerprint density at radius 3 is 3.05 bits per heavy atom. The van der Waals surface area contributed by atoms with E-state index in [0.717, 1.165) is 29.1 Å².